The van der Waals surface area contributed by atoms with Gasteiger partial charge in [-0.2, -0.15) is 0 Å². The molecule has 0 aromatic carbocycles. The molecule has 116 valence electrons. The Labute approximate surface area is 127 Å². The Balaban J connectivity index is 2.08. The van der Waals surface area contributed by atoms with Crippen molar-refractivity contribution in [2.45, 2.75) is 64.3 Å². The number of primary amides is 1. The Morgan fingerprint density at radius 1 is 1.29 bits per heavy atom. The van der Waals surface area contributed by atoms with E-state index >= 15 is 0 Å². The van der Waals surface area contributed by atoms with Crippen molar-refractivity contribution >= 4 is 11.8 Å². The molecule has 2 aliphatic carbocycles. The summed E-state index contributed by atoms with van der Waals surface area (Å²) < 4.78 is 0. The highest BCUT2D eigenvalue weighted by molar-refractivity contribution is 5.91. The second kappa shape index (κ2) is 5.71. The first kappa shape index (κ1) is 15.9. The molecule has 0 bridgehead atoms. The van der Waals surface area contributed by atoms with Crippen molar-refractivity contribution in [3.63, 3.8) is 0 Å². The van der Waals surface area contributed by atoms with Crippen molar-refractivity contribution in [1.82, 2.24) is 5.32 Å². The summed E-state index contributed by atoms with van der Waals surface area (Å²) in [4.78, 5) is 24.5. The van der Waals surface area contributed by atoms with E-state index in [1.54, 1.807) is 0 Å². The zero-order chi connectivity index (χ0) is 15.7. The molecule has 0 spiro atoms. The molecule has 2 saturated carbocycles. The predicted octanol–water partition coefficient (Wildman–Crippen LogP) is 1.98. The lowest BCUT2D eigenvalue weighted by Gasteiger charge is -2.42. The van der Waals surface area contributed by atoms with E-state index in [2.05, 4.69) is 25.1 Å². The van der Waals surface area contributed by atoms with E-state index in [1.807, 2.05) is 0 Å². The van der Waals surface area contributed by atoms with Gasteiger partial charge in [0.25, 0.3) is 0 Å². The largest absolute Gasteiger partial charge is 0.368 e. The minimum Gasteiger partial charge on any atom is -0.368 e. The van der Waals surface area contributed by atoms with E-state index in [0.29, 0.717) is 25.2 Å². The molecule has 2 aliphatic rings. The lowest BCUT2D eigenvalue weighted by Crippen LogP contribution is -2.60. The summed E-state index contributed by atoms with van der Waals surface area (Å²) in [6.07, 6.45) is 10.9. The highest BCUT2D eigenvalue weighted by Crippen LogP contribution is 2.42. The van der Waals surface area contributed by atoms with Crippen LogP contribution in [0.25, 0.3) is 0 Å². The first-order chi connectivity index (χ1) is 9.80. The fourth-order valence-electron chi connectivity index (χ4n) is 3.21. The third-order valence-corrected chi connectivity index (χ3v) is 5.16. The van der Waals surface area contributed by atoms with Gasteiger partial charge < -0.3 is 11.1 Å². The van der Waals surface area contributed by atoms with Gasteiger partial charge in [-0.1, -0.05) is 13.8 Å². The number of carbonyl (C=O) groups is 2. The molecule has 0 saturated heterocycles. The minimum absolute atomic E-state index is 0.0889. The van der Waals surface area contributed by atoms with Crippen LogP contribution in [0, 0.1) is 29.6 Å². The number of amides is 2. The third kappa shape index (κ3) is 3.58. The molecule has 2 amide bonds. The van der Waals surface area contributed by atoms with Gasteiger partial charge in [0, 0.05) is 6.42 Å². The maximum absolute atomic E-state index is 12.5. The number of terminal acetylenes is 1. The number of carbonyl (C=O) groups excluding carboxylic acids is 2. The van der Waals surface area contributed by atoms with Gasteiger partial charge in [-0.15, -0.1) is 12.3 Å². The first-order valence-corrected chi connectivity index (χ1v) is 7.85. The average molecular weight is 290 g/mol. The van der Waals surface area contributed by atoms with Crippen molar-refractivity contribution in [3.8, 4) is 12.3 Å². The zero-order valence-electron chi connectivity index (χ0n) is 13.1. The maximum Gasteiger partial charge on any atom is 0.243 e. The van der Waals surface area contributed by atoms with Gasteiger partial charge in [0.1, 0.15) is 5.54 Å². The second-order valence-corrected chi connectivity index (χ2v) is 7.45. The number of hydrogen-bond donors (Lipinski definition) is 2. The van der Waals surface area contributed by atoms with Crippen molar-refractivity contribution in [2.75, 3.05) is 0 Å². The Hall–Kier alpha value is -1.50. The molecule has 21 heavy (non-hydrogen) atoms. The van der Waals surface area contributed by atoms with Crippen molar-refractivity contribution in [3.05, 3.63) is 0 Å². The monoisotopic (exact) mass is 290 g/mol. The Kier molecular flexibility index (Phi) is 4.32. The number of rotatable bonds is 5. The Morgan fingerprint density at radius 3 is 2.29 bits per heavy atom. The fraction of sp³-hybridized carbons (Fsp3) is 0.765. The van der Waals surface area contributed by atoms with Crippen LogP contribution in [0.5, 0.6) is 0 Å². The van der Waals surface area contributed by atoms with Gasteiger partial charge in [-0.25, -0.2) is 0 Å². The first-order valence-electron chi connectivity index (χ1n) is 7.85. The van der Waals surface area contributed by atoms with E-state index in [0.717, 1.165) is 25.7 Å². The maximum atomic E-state index is 12.5. The lowest BCUT2D eigenvalue weighted by atomic mass is 9.69. The van der Waals surface area contributed by atoms with Crippen LogP contribution in [0.1, 0.15) is 58.8 Å². The molecule has 1 atom stereocenters. The number of nitrogens with one attached hydrogen (secondary N) is 1. The van der Waals surface area contributed by atoms with Crippen LogP contribution in [-0.4, -0.2) is 17.4 Å². The van der Waals surface area contributed by atoms with Gasteiger partial charge in [-0.3, -0.25) is 9.59 Å². The second-order valence-electron chi connectivity index (χ2n) is 7.45. The summed E-state index contributed by atoms with van der Waals surface area (Å²) in [5.41, 5.74) is 4.94. The molecule has 1 unspecified atom stereocenters. The molecule has 3 N–H and O–H groups in total. The fourth-order valence-corrected chi connectivity index (χ4v) is 3.21. The van der Waals surface area contributed by atoms with Crippen LogP contribution in [-0.2, 0) is 9.59 Å². The van der Waals surface area contributed by atoms with E-state index in [4.69, 9.17) is 12.2 Å². The van der Waals surface area contributed by atoms with Crippen LogP contribution in [0.15, 0.2) is 0 Å². The molecule has 4 heteroatoms. The molecule has 2 fully saturated rings. The predicted molar refractivity (Wildman–Crippen MR) is 82.0 cm³/mol. The Bertz CT molecular complexity index is 462. The molecule has 0 heterocycles. The van der Waals surface area contributed by atoms with Gasteiger partial charge in [-0.05, 0) is 49.9 Å². The van der Waals surface area contributed by atoms with Crippen LogP contribution >= 0.6 is 0 Å². The van der Waals surface area contributed by atoms with Crippen LogP contribution in [0.4, 0.5) is 0 Å². The summed E-state index contributed by atoms with van der Waals surface area (Å²) in [7, 11) is 0. The van der Waals surface area contributed by atoms with Crippen molar-refractivity contribution < 1.29 is 9.59 Å². The molecule has 0 aromatic rings. The summed E-state index contributed by atoms with van der Waals surface area (Å²) in [5.74, 6) is 2.30. The third-order valence-electron chi connectivity index (χ3n) is 5.16. The highest BCUT2D eigenvalue weighted by Gasteiger charge is 2.46. The molecule has 4 nitrogen and oxygen atoms in total. The number of hydrogen-bond acceptors (Lipinski definition) is 2. The summed E-state index contributed by atoms with van der Waals surface area (Å²) in [6, 6.07) is 0. The molecule has 0 aliphatic heterocycles. The average Bonchev–Trinajstić information content (AvgIpc) is 3.22. The highest BCUT2D eigenvalue weighted by atomic mass is 16.2. The molecule has 0 radical (unpaired) electrons. The quantitative estimate of drug-likeness (QED) is 0.760. The molecular formula is C17H26N2O2. The smallest absolute Gasteiger partial charge is 0.243 e. The standard InChI is InChI=1S/C17H26N2O2/c1-4-5-13(12-6-7-12)14(20)19-17(15(18)21)10-8-16(2,3)9-11-17/h1,12-13H,5-11H2,2-3H3,(H2,18,21)(H,19,20). The van der Waals surface area contributed by atoms with E-state index in [1.165, 1.54) is 0 Å². The number of nitrogens with two attached hydrogens (primary N) is 1. The van der Waals surface area contributed by atoms with Gasteiger partial charge in [0.15, 0.2) is 0 Å². The summed E-state index contributed by atoms with van der Waals surface area (Å²) in [5, 5.41) is 2.97. The van der Waals surface area contributed by atoms with Gasteiger partial charge in [0.05, 0.1) is 5.92 Å². The summed E-state index contributed by atoms with van der Waals surface area (Å²) >= 11 is 0. The van der Waals surface area contributed by atoms with E-state index in [9.17, 15) is 9.59 Å². The van der Waals surface area contributed by atoms with Crippen molar-refractivity contribution in [2.24, 2.45) is 23.0 Å². The summed E-state index contributed by atoms with van der Waals surface area (Å²) in [6.45, 7) is 4.37. The normalized spacial score (nSPS) is 24.6. The van der Waals surface area contributed by atoms with Gasteiger partial charge >= 0.3 is 0 Å². The Morgan fingerprint density at radius 2 is 1.86 bits per heavy atom. The molecule has 2 rings (SSSR count). The SMILES string of the molecule is C#CCC(C(=O)NC1(C(N)=O)CCC(C)(C)CC1)C1CC1. The topological polar surface area (TPSA) is 72.2 Å². The van der Waals surface area contributed by atoms with Crippen LogP contribution in [0.3, 0.4) is 0 Å². The van der Waals surface area contributed by atoms with Crippen molar-refractivity contribution in [1.29, 1.82) is 0 Å². The van der Waals surface area contributed by atoms with Crippen LogP contribution in [0.2, 0.25) is 0 Å². The molecular weight excluding hydrogens is 264 g/mol. The van der Waals surface area contributed by atoms with E-state index < -0.39 is 11.4 Å². The zero-order valence-corrected chi connectivity index (χ0v) is 13.1. The van der Waals surface area contributed by atoms with Crippen LogP contribution < -0.4 is 11.1 Å². The van der Waals surface area contributed by atoms with Gasteiger partial charge in [0.2, 0.25) is 11.8 Å². The lowest BCUT2D eigenvalue weighted by molar-refractivity contribution is -0.136. The minimum atomic E-state index is -0.881. The molecule has 0 aromatic heterocycles. The van der Waals surface area contributed by atoms with E-state index in [-0.39, 0.29) is 17.2 Å².